The summed E-state index contributed by atoms with van der Waals surface area (Å²) in [4.78, 5) is 0. The van der Waals surface area contributed by atoms with Crippen LogP contribution in [-0.4, -0.2) is 0 Å². The highest BCUT2D eigenvalue weighted by molar-refractivity contribution is 5.05. The van der Waals surface area contributed by atoms with Crippen molar-refractivity contribution in [3.63, 3.8) is 0 Å². The minimum atomic E-state index is 0.644. The standard InChI is InChI=1S/C14H26/c1-6-13-12-8-10(14(13,4)5)7-11(12)9(2)3/h9-13H,6-8H2,1-5H3. The molecule has 2 bridgehead atoms. The Morgan fingerprint density at radius 2 is 1.86 bits per heavy atom. The summed E-state index contributed by atoms with van der Waals surface area (Å²) in [5.74, 6) is 5.05. The third-order valence-corrected chi connectivity index (χ3v) is 5.48. The van der Waals surface area contributed by atoms with E-state index in [0.717, 1.165) is 29.6 Å². The zero-order valence-corrected chi connectivity index (χ0v) is 10.5. The van der Waals surface area contributed by atoms with Gasteiger partial charge in [0, 0.05) is 0 Å². The van der Waals surface area contributed by atoms with Crippen LogP contribution in [0.25, 0.3) is 0 Å². The number of fused-ring (bicyclic) bond motifs is 2. The van der Waals surface area contributed by atoms with Gasteiger partial charge in [0.25, 0.3) is 0 Å². The Kier molecular flexibility index (Phi) is 2.44. The molecule has 4 unspecified atom stereocenters. The summed E-state index contributed by atoms with van der Waals surface area (Å²) < 4.78 is 0. The summed E-state index contributed by atoms with van der Waals surface area (Å²) in [6, 6.07) is 0. The van der Waals surface area contributed by atoms with Gasteiger partial charge < -0.3 is 0 Å². The summed E-state index contributed by atoms with van der Waals surface area (Å²) in [5.41, 5.74) is 0.644. The van der Waals surface area contributed by atoms with E-state index in [0.29, 0.717) is 5.41 Å². The summed E-state index contributed by atoms with van der Waals surface area (Å²) in [6.45, 7) is 12.3. The summed E-state index contributed by atoms with van der Waals surface area (Å²) in [5, 5.41) is 0. The van der Waals surface area contributed by atoms with Gasteiger partial charge in [-0.1, -0.05) is 41.0 Å². The Hall–Kier alpha value is 0. The molecule has 0 aromatic heterocycles. The van der Waals surface area contributed by atoms with E-state index in [-0.39, 0.29) is 0 Å². The first kappa shape index (κ1) is 10.5. The van der Waals surface area contributed by atoms with E-state index < -0.39 is 0 Å². The molecule has 2 aliphatic carbocycles. The van der Waals surface area contributed by atoms with Crippen LogP contribution in [0, 0.1) is 35.0 Å². The van der Waals surface area contributed by atoms with Crippen LogP contribution >= 0.6 is 0 Å². The van der Waals surface area contributed by atoms with Crippen molar-refractivity contribution in [1.82, 2.24) is 0 Å². The molecule has 2 saturated carbocycles. The van der Waals surface area contributed by atoms with Crippen molar-refractivity contribution >= 4 is 0 Å². The quantitative estimate of drug-likeness (QED) is 0.613. The van der Waals surface area contributed by atoms with Crippen molar-refractivity contribution in [2.75, 3.05) is 0 Å². The molecule has 0 amide bonds. The molecule has 0 radical (unpaired) electrons. The molecule has 4 atom stereocenters. The number of rotatable bonds is 2. The van der Waals surface area contributed by atoms with Gasteiger partial charge >= 0.3 is 0 Å². The first-order chi connectivity index (χ1) is 6.48. The molecule has 0 heteroatoms. The second kappa shape index (κ2) is 3.25. The number of hydrogen-bond donors (Lipinski definition) is 0. The van der Waals surface area contributed by atoms with Gasteiger partial charge in [0.05, 0.1) is 0 Å². The van der Waals surface area contributed by atoms with Gasteiger partial charge in [0.1, 0.15) is 0 Å². The monoisotopic (exact) mass is 194 g/mol. The van der Waals surface area contributed by atoms with Crippen LogP contribution in [0.1, 0.15) is 53.9 Å². The van der Waals surface area contributed by atoms with Gasteiger partial charge in [-0.3, -0.25) is 0 Å². The Balaban J connectivity index is 2.19. The Bertz CT molecular complexity index is 214. The van der Waals surface area contributed by atoms with Gasteiger partial charge in [0.15, 0.2) is 0 Å². The van der Waals surface area contributed by atoms with Crippen molar-refractivity contribution in [2.45, 2.75) is 53.9 Å². The van der Waals surface area contributed by atoms with E-state index in [4.69, 9.17) is 0 Å². The average Bonchev–Trinajstić information content (AvgIpc) is 2.58. The SMILES string of the molecule is CCC1C2CC(CC2C(C)C)C1(C)C. The van der Waals surface area contributed by atoms with E-state index in [1.165, 1.54) is 19.3 Å². The maximum absolute atomic E-state index is 2.52. The van der Waals surface area contributed by atoms with Crippen molar-refractivity contribution in [3.8, 4) is 0 Å². The summed E-state index contributed by atoms with van der Waals surface area (Å²) >= 11 is 0. The van der Waals surface area contributed by atoms with Crippen LogP contribution < -0.4 is 0 Å². The van der Waals surface area contributed by atoms with Gasteiger partial charge in [-0.25, -0.2) is 0 Å². The van der Waals surface area contributed by atoms with E-state index in [1.807, 2.05) is 0 Å². The molecule has 2 rings (SSSR count). The van der Waals surface area contributed by atoms with Crippen LogP contribution in [-0.2, 0) is 0 Å². The first-order valence-corrected chi connectivity index (χ1v) is 6.48. The molecule has 0 spiro atoms. The van der Waals surface area contributed by atoms with E-state index in [2.05, 4.69) is 34.6 Å². The zero-order valence-electron chi connectivity index (χ0n) is 10.5. The lowest BCUT2D eigenvalue weighted by Crippen LogP contribution is -2.36. The fourth-order valence-electron chi connectivity index (χ4n) is 4.62. The Morgan fingerprint density at radius 1 is 1.21 bits per heavy atom. The highest BCUT2D eigenvalue weighted by Gasteiger charge is 2.56. The van der Waals surface area contributed by atoms with Crippen molar-refractivity contribution in [2.24, 2.45) is 35.0 Å². The maximum atomic E-state index is 2.52. The lowest BCUT2D eigenvalue weighted by Gasteiger charge is -2.42. The molecule has 0 heterocycles. The maximum Gasteiger partial charge on any atom is -0.0295 e. The Morgan fingerprint density at radius 3 is 2.29 bits per heavy atom. The third kappa shape index (κ3) is 1.26. The average molecular weight is 194 g/mol. The molecule has 0 N–H and O–H groups in total. The lowest BCUT2D eigenvalue weighted by atomic mass is 9.62. The molecular formula is C14H26. The fraction of sp³-hybridized carbons (Fsp3) is 1.00. The molecular weight excluding hydrogens is 168 g/mol. The molecule has 82 valence electrons. The lowest BCUT2D eigenvalue weighted by molar-refractivity contribution is 0.0620. The normalized spacial score (nSPS) is 45.0. The first-order valence-electron chi connectivity index (χ1n) is 6.48. The molecule has 2 fully saturated rings. The highest BCUT2D eigenvalue weighted by Crippen LogP contribution is 2.63. The van der Waals surface area contributed by atoms with Crippen molar-refractivity contribution in [3.05, 3.63) is 0 Å². The molecule has 0 saturated heterocycles. The molecule has 2 aliphatic rings. The minimum Gasteiger partial charge on any atom is -0.0651 e. The molecule has 0 nitrogen and oxygen atoms in total. The van der Waals surface area contributed by atoms with Gasteiger partial charge in [-0.15, -0.1) is 0 Å². The molecule has 0 aliphatic heterocycles. The summed E-state index contributed by atoms with van der Waals surface area (Å²) in [7, 11) is 0. The number of hydrogen-bond acceptors (Lipinski definition) is 0. The minimum absolute atomic E-state index is 0.644. The Labute approximate surface area is 89.5 Å². The third-order valence-electron chi connectivity index (χ3n) is 5.48. The molecule has 14 heavy (non-hydrogen) atoms. The highest BCUT2D eigenvalue weighted by atomic mass is 14.6. The smallest absolute Gasteiger partial charge is 0.0295 e. The molecule has 0 aromatic rings. The van der Waals surface area contributed by atoms with Crippen LogP contribution in [0.4, 0.5) is 0 Å². The van der Waals surface area contributed by atoms with Crippen LogP contribution in [0.2, 0.25) is 0 Å². The second-order valence-corrected chi connectivity index (χ2v) is 6.58. The molecule has 0 aromatic carbocycles. The van der Waals surface area contributed by atoms with Crippen molar-refractivity contribution in [1.29, 1.82) is 0 Å². The van der Waals surface area contributed by atoms with Crippen LogP contribution in [0.15, 0.2) is 0 Å². The van der Waals surface area contributed by atoms with Gasteiger partial charge in [0.2, 0.25) is 0 Å². The van der Waals surface area contributed by atoms with Crippen LogP contribution in [0.5, 0.6) is 0 Å². The zero-order chi connectivity index (χ0) is 10.5. The van der Waals surface area contributed by atoms with E-state index >= 15 is 0 Å². The van der Waals surface area contributed by atoms with Gasteiger partial charge in [-0.2, -0.15) is 0 Å². The predicted molar refractivity (Wildman–Crippen MR) is 62.1 cm³/mol. The second-order valence-electron chi connectivity index (χ2n) is 6.58. The summed E-state index contributed by atoms with van der Waals surface area (Å²) in [6.07, 6.45) is 4.46. The topological polar surface area (TPSA) is 0 Å². The van der Waals surface area contributed by atoms with Crippen molar-refractivity contribution < 1.29 is 0 Å². The fourth-order valence-corrected chi connectivity index (χ4v) is 4.62. The van der Waals surface area contributed by atoms with E-state index in [9.17, 15) is 0 Å². The predicted octanol–water partition coefficient (Wildman–Crippen LogP) is 4.35. The largest absolute Gasteiger partial charge is 0.0651 e. The van der Waals surface area contributed by atoms with E-state index in [1.54, 1.807) is 0 Å². The van der Waals surface area contributed by atoms with Crippen LogP contribution in [0.3, 0.4) is 0 Å². The van der Waals surface area contributed by atoms with Gasteiger partial charge in [-0.05, 0) is 47.8 Å².